The van der Waals surface area contributed by atoms with Gasteiger partial charge in [0, 0.05) is 60.8 Å². The fraction of sp³-hybridized carbons (Fsp3) is 0.294. The first-order chi connectivity index (χ1) is 42.3. The molecule has 17 nitrogen and oxygen atoms in total. The summed E-state index contributed by atoms with van der Waals surface area (Å²) in [5, 5.41) is 25.4. The summed E-state index contributed by atoms with van der Waals surface area (Å²) in [5.74, 6) is -0.468. The van der Waals surface area contributed by atoms with E-state index in [1.165, 1.54) is 42.5 Å². The molecule has 2 fully saturated rings. The Morgan fingerprint density at radius 1 is 0.596 bits per heavy atom. The van der Waals surface area contributed by atoms with E-state index in [2.05, 4.69) is 45.5 Å². The highest BCUT2D eigenvalue weighted by molar-refractivity contribution is 7.84. The summed E-state index contributed by atoms with van der Waals surface area (Å²) in [5.41, 5.74) is 18.6. The highest BCUT2D eigenvalue weighted by atomic mass is 35.5. The maximum atomic E-state index is 15.5. The van der Waals surface area contributed by atoms with Gasteiger partial charge in [0.05, 0.1) is 60.9 Å². The van der Waals surface area contributed by atoms with Crippen molar-refractivity contribution < 1.29 is 27.7 Å². The van der Waals surface area contributed by atoms with Crippen molar-refractivity contribution in [3.05, 3.63) is 221 Å². The number of nitrogen functional groups attached to an aromatic ring is 1. The number of aliphatic hydroxyl groups is 1. The molecule has 0 aliphatic heterocycles. The number of hydrogen-bond acceptors (Lipinski definition) is 12. The molecule has 21 heteroatoms. The van der Waals surface area contributed by atoms with Crippen molar-refractivity contribution in [3.8, 4) is 11.4 Å². The molecular weight excluding hydrogens is 1170 g/mol. The molecule has 8 N–H and O–H groups in total. The topological polar surface area (TPSA) is 247 Å². The Bertz CT molecular complexity index is 4200. The monoisotopic (exact) mass is 1240 g/mol. The molecule has 0 radical (unpaired) electrons. The number of carbonyl (C=O) groups excluding carboxylic acids is 2. The third-order valence-corrected chi connectivity index (χ3v) is 17.9. The van der Waals surface area contributed by atoms with Gasteiger partial charge in [-0.1, -0.05) is 49.9 Å². The predicted octanol–water partition coefficient (Wildman–Crippen LogP) is 12.8. The molecule has 4 aromatic carbocycles. The Kier molecular flexibility index (Phi) is 19.9. The highest BCUT2D eigenvalue weighted by Crippen LogP contribution is 2.44. The van der Waals surface area contributed by atoms with E-state index >= 15 is 8.78 Å². The molecule has 0 bridgehead atoms. The zero-order valence-corrected chi connectivity index (χ0v) is 52.4. The van der Waals surface area contributed by atoms with Crippen LogP contribution in [0.2, 0.25) is 0 Å². The van der Waals surface area contributed by atoms with Gasteiger partial charge in [-0.15, -0.1) is 12.4 Å². The van der Waals surface area contributed by atoms with E-state index in [0.29, 0.717) is 58.8 Å². The second-order valence-corrected chi connectivity index (χ2v) is 25.6. The van der Waals surface area contributed by atoms with Gasteiger partial charge in [0.2, 0.25) is 0 Å². The Hall–Kier alpha value is -8.66. The number of nitrogens with zero attached hydrogens (tertiary/aromatic N) is 8. The first-order valence-electron chi connectivity index (χ1n) is 29.4. The van der Waals surface area contributed by atoms with Crippen LogP contribution in [0.3, 0.4) is 0 Å². The zero-order valence-electron chi connectivity index (χ0n) is 50.8. The number of fused-ring (bicyclic) bond motifs is 2. The number of anilines is 3. The fourth-order valence-corrected chi connectivity index (χ4v) is 11.9. The fourth-order valence-electron chi connectivity index (χ4n) is 11.0. The van der Waals surface area contributed by atoms with Crippen molar-refractivity contribution >= 4 is 73.9 Å². The SMILES string of the molecule is CO.Cc1cc(C(=O)Nc2cc(C(CCC3CC3)(N[S@](=O)C(C)(C)C)c3ccncc3)ccc2F)n(-c2ccc3ccnc(C)c3c2)n1.Cc1cc(C(=O)Nc2cc(C(N)(CCC3CC3)c3ccncc3)ccc2F)n(-c2ccc3ccnc(N)c3c2)n1.Cl. The summed E-state index contributed by atoms with van der Waals surface area (Å²) >= 11 is 0. The molecule has 2 amide bonds. The molecule has 2 unspecified atom stereocenters. The molecular formula is C68H74ClF2N13O4S. The van der Waals surface area contributed by atoms with Gasteiger partial charge in [-0.2, -0.15) is 10.2 Å². The molecule has 0 spiro atoms. The lowest BCUT2D eigenvalue weighted by Gasteiger charge is -2.38. The summed E-state index contributed by atoms with van der Waals surface area (Å²) in [6.45, 7) is 11.3. The summed E-state index contributed by atoms with van der Waals surface area (Å²) in [6.07, 6.45) is 18.2. The molecule has 10 aromatic rings. The number of amides is 2. The van der Waals surface area contributed by atoms with Gasteiger partial charge < -0.3 is 27.2 Å². The Balaban J connectivity index is 0.000000205. The van der Waals surface area contributed by atoms with Crippen LogP contribution >= 0.6 is 12.4 Å². The molecule has 6 aromatic heterocycles. The van der Waals surface area contributed by atoms with Gasteiger partial charge in [-0.25, -0.2) is 32.1 Å². The Morgan fingerprint density at radius 2 is 1.07 bits per heavy atom. The highest BCUT2D eigenvalue weighted by Gasteiger charge is 2.41. The zero-order chi connectivity index (χ0) is 62.5. The van der Waals surface area contributed by atoms with Crippen LogP contribution in [0.25, 0.3) is 32.9 Å². The number of rotatable bonds is 18. The average molecular weight is 1240 g/mol. The largest absolute Gasteiger partial charge is 0.400 e. The first kappa shape index (κ1) is 64.8. The number of benzene rings is 4. The number of pyridine rings is 4. The van der Waals surface area contributed by atoms with E-state index in [0.717, 1.165) is 63.9 Å². The summed E-state index contributed by atoms with van der Waals surface area (Å²) in [7, 11) is -0.456. The van der Waals surface area contributed by atoms with E-state index < -0.39 is 50.3 Å². The predicted molar refractivity (Wildman–Crippen MR) is 350 cm³/mol. The summed E-state index contributed by atoms with van der Waals surface area (Å²) in [4.78, 5) is 44.3. The number of aromatic nitrogens is 8. The third-order valence-electron chi connectivity index (χ3n) is 16.2. The van der Waals surface area contributed by atoms with Crippen LogP contribution < -0.4 is 26.8 Å². The van der Waals surface area contributed by atoms with Gasteiger partial charge in [-0.05, 0) is 209 Å². The average Bonchev–Trinajstić information content (AvgIpc) is 2.17. The maximum Gasteiger partial charge on any atom is 0.274 e. The standard InChI is InChI=1S/C36H39FN6O2S.C31H30FN7O.CH4O.ClH/c1-23-20-33(43(41-23)29-10-8-26-13-19-39-24(2)30(26)22-29)34(44)40-32-21-28(9-11-31(32)37)36(16-12-25-6-7-25,27-14-17-38-18-15-27)42-46(45)35(3,4)5;1-19-16-28(39(38-19)24-6-4-21-9-15-36-29(33)25(21)18-24)30(40)37-27-17-23(5-7-26(27)32)31(34,12-8-20-2-3-20)22-10-13-35-14-11-22;1-2;/h8-11,13-15,17-22,25,42H,6-7,12,16H2,1-5H3,(H,40,44);4-7,9-11,13-18,20H,2-3,8,12,34H2,1H3,(H2,33,36)(H,37,40);2H,1H3;1H/t36?,46-;;;/m1.../s1. The Labute approximate surface area is 525 Å². The van der Waals surface area contributed by atoms with Crippen LogP contribution in [0.5, 0.6) is 0 Å². The van der Waals surface area contributed by atoms with Gasteiger partial charge in [-0.3, -0.25) is 24.5 Å². The van der Waals surface area contributed by atoms with Crippen LogP contribution in [0, 0.1) is 44.2 Å². The second-order valence-electron chi connectivity index (χ2n) is 23.7. The quantitative estimate of drug-likeness (QED) is 0.0470. The molecule has 2 saturated carbocycles. The van der Waals surface area contributed by atoms with Gasteiger partial charge in [0.25, 0.3) is 11.8 Å². The number of carbonyl (C=O) groups is 2. The summed E-state index contributed by atoms with van der Waals surface area (Å²) < 4.78 is 50.3. The van der Waals surface area contributed by atoms with E-state index in [1.54, 1.807) is 85.2 Å². The molecule has 89 heavy (non-hydrogen) atoms. The van der Waals surface area contributed by atoms with Gasteiger partial charge in [0.1, 0.15) is 28.8 Å². The minimum Gasteiger partial charge on any atom is -0.400 e. The molecule has 2 aliphatic rings. The maximum absolute atomic E-state index is 15.5. The van der Waals surface area contributed by atoms with Crippen molar-refractivity contribution in [2.75, 3.05) is 23.5 Å². The van der Waals surface area contributed by atoms with Crippen molar-refractivity contribution in [3.63, 3.8) is 0 Å². The minimum atomic E-state index is -1.46. The summed E-state index contributed by atoms with van der Waals surface area (Å²) in [6, 6.07) is 35.6. The molecule has 6 heterocycles. The van der Waals surface area contributed by atoms with Crippen molar-refractivity contribution in [2.45, 2.75) is 109 Å². The number of aliphatic hydroxyl groups excluding tert-OH is 1. The van der Waals surface area contributed by atoms with E-state index in [1.807, 2.05) is 107 Å². The number of nitrogens with one attached hydrogen (secondary N) is 3. The molecule has 3 atom stereocenters. The third kappa shape index (κ3) is 14.6. The van der Waals surface area contributed by atoms with Crippen molar-refractivity contribution in [1.29, 1.82) is 0 Å². The lowest BCUT2D eigenvalue weighted by atomic mass is 9.79. The van der Waals surface area contributed by atoms with E-state index in [-0.39, 0.29) is 35.2 Å². The van der Waals surface area contributed by atoms with Crippen LogP contribution in [0.1, 0.15) is 132 Å². The van der Waals surface area contributed by atoms with Crippen LogP contribution in [-0.4, -0.2) is 72.5 Å². The smallest absolute Gasteiger partial charge is 0.274 e. The normalized spacial score (nSPS) is 14.6. The number of aryl methyl sites for hydroxylation is 3. The van der Waals surface area contributed by atoms with Crippen LogP contribution in [-0.2, 0) is 22.1 Å². The molecule has 2 aliphatic carbocycles. The number of hydrogen-bond donors (Lipinski definition) is 6. The second kappa shape index (κ2) is 27.4. The van der Waals surface area contributed by atoms with Crippen LogP contribution in [0.15, 0.2) is 159 Å². The van der Waals surface area contributed by atoms with E-state index in [4.69, 9.17) is 16.6 Å². The minimum absolute atomic E-state index is 0. The molecule has 12 rings (SSSR count). The lowest BCUT2D eigenvalue weighted by Crippen LogP contribution is -2.49. The van der Waals surface area contributed by atoms with Crippen molar-refractivity contribution in [1.82, 2.24) is 44.2 Å². The number of halogens is 3. The lowest BCUT2D eigenvalue weighted by molar-refractivity contribution is 0.101. The van der Waals surface area contributed by atoms with Crippen molar-refractivity contribution in [2.24, 2.45) is 17.6 Å². The van der Waals surface area contributed by atoms with E-state index in [9.17, 15) is 13.8 Å². The van der Waals surface area contributed by atoms with Gasteiger partial charge in [0.15, 0.2) is 0 Å². The van der Waals surface area contributed by atoms with Gasteiger partial charge >= 0.3 is 0 Å². The molecule has 462 valence electrons. The van der Waals surface area contributed by atoms with Crippen LogP contribution in [0.4, 0.5) is 26.0 Å². The number of nitrogens with two attached hydrogens (primary N) is 2. The first-order valence-corrected chi connectivity index (χ1v) is 30.5. The molecule has 0 saturated heterocycles. The Morgan fingerprint density at radius 3 is 1.60 bits per heavy atom.